The molecule has 0 aliphatic carbocycles. The Balaban J connectivity index is 2.12. The molecule has 0 bridgehead atoms. The Morgan fingerprint density at radius 2 is 2.25 bits per heavy atom. The maximum atomic E-state index is 5.89. The van der Waals surface area contributed by atoms with Crippen LogP contribution in [0.4, 0.5) is 0 Å². The second-order valence-corrected chi connectivity index (χ2v) is 5.03. The largest absolute Gasteiger partial charge is 0.338 e. The van der Waals surface area contributed by atoms with Crippen molar-refractivity contribution in [3.63, 3.8) is 0 Å². The molecule has 0 spiro atoms. The standard InChI is InChI=1S/C12H24BrNO2/c1-2-6-11(7-4-3-5-8-13)16-12-14-9-10-15-12/h11-12,14H,2-10H2,1H3. The fourth-order valence-electron chi connectivity index (χ4n) is 1.91. The second-order valence-electron chi connectivity index (χ2n) is 4.24. The Bertz CT molecular complexity index is 163. The summed E-state index contributed by atoms with van der Waals surface area (Å²) >= 11 is 3.46. The van der Waals surface area contributed by atoms with Gasteiger partial charge in [-0.2, -0.15) is 0 Å². The van der Waals surface area contributed by atoms with Crippen molar-refractivity contribution in [3.05, 3.63) is 0 Å². The lowest BCUT2D eigenvalue weighted by atomic mass is 10.1. The molecule has 0 aromatic rings. The maximum Gasteiger partial charge on any atom is 0.216 e. The van der Waals surface area contributed by atoms with E-state index in [-0.39, 0.29) is 6.41 Å². The summed E-state index contributed by atoms with van der Waals surface area (Å²) < 4.78 is 11.3. The van der Waals surface area contributed by atoms with Crippen molar-refractivity contribution in [2.24, 2.45) is 0 Å². The third kappa shape index (κ3) is 6.18. The van der Waals surface area contributed by atoms with Crippen LogP contribution >= 0.6 is 15.9 Å². The van der Waals surface area contributed by atoms with Gasteiger partial charge in [0.25, 0.3) is 0 Å². The molecule has 0 amide bonds. The molecule has 0 radical (unpaired) electrons. The first kappa shape index (κ1) is 14.4. The van der Waals surface area contributed by atoms with Gasteiger partial charge in [-0.1, -0.05) is 42.1 Å². The lowest BCUT2D eigenvalue weighted by Crippen LogP contribution is -2.31. The third-order valence-corrected chi connectivity index (χ3v) is 3.33. The number of nitrogens with one attached hydrogen (secondary N) is 1. The van der Waals surface area contributed by atoms with Gasteiger partial charge in [-0.3, -0.25) is 5.32 Å². The molecular weight excluding hydrogens is 270 g/mol. The molecule has 0 aromatic heterocycles. The van der Waals surface area contributed by atoms with E-state index in [0.717, 1.165) is 31.3 Å². The average molecular weight is 294 g/mol. The highest BCUT2D eigenvalue weighted by atomic mass is 79.9. The molecule has 1 aliphatic heterocycles. The van der Waals surface area contributed by atoms with Gasteiger partial charge in [-0.25, -0.2) is 0 Å². The Kier molecular flexibility index (Phi) is 8.47. The van der Waals surface area contributed by atoms with E-state index in [2.05, 4.69) is 28.2 Å². The van der Waals surface area contributed by atoms with Crippen molar-refractivity contribution in [1.29, 1.82) is 0 Å². The van der Waals surface area contributed by atoms with Crippen LogP contribution in [0.2, 0.25) is 0 Å². The van der Waals surface area contributed by atoms with E-state index >= 15 is 0 Å². The van der Waals surface area contributed by atoms with Gasteiger partial charge in [0.2, 0.25) is 6.41 Å². The number of alkyl halides is 1. The fraction of sp³-hybridized carbons (Fsp3) is 1.00. The predicted octanol–water partition coefficient (Wildman–Crippen LogP) is 3.03. The van der Waals surface area contributed by atoms with E-state index in [0.29, 0.717) is 6.10 Å². The van der Waals surface area contributed by atoms with Crippen LogP contribution in [0.5, 0.6) is 0 Å². The Morgan fingerprint density at radius 1 is 1.38 bits per heavy atom. The summed E-state index contributed by atoms with van der Waals surface area (Å²) in [4.78, 5) is 0. The van der Waals surface area contributed by atoms with E-state index in [1.807, 2.05) is 0 Å². The molecule has 16 heavy (non-hydrogen) atoms. The lowest BCUT2D eigenvalue weighted by Gasteiger charge is -2.21. The highest BCUT2D eigenvalue weighted by molar-refractivity contribution is 9.09. The van der Waals surface area contributed by atoms with Gasteiger partial charge in [-0.15, -0.1) is 0 Å². The number of unbranched alkanes of at least 4 members (excludes halogenated alkanes) is 2. The van der Waals surface area contributed by atoms with Crippen LogP contribution < -0.4 is 5.32 Å². The van der Waals surface area contributed by atoms with Gasteiger partial charge in [0, 0.05) is 11.9 Å². The third-order valence-electron chi connectivity index (χ3n) is 2.77. The number of hydrogen-bond donors (Lipinski definition) is 1. The zero-order valence-electron chi connectivity index (χ0n) is 10.2. The molecule has 1 heterocycles. The summed E-state index contributed by atoms with van der Waals surface area (Å²) in [5.41, 5.74) is 0. The van der Waals surface area contributed by atoms with E-state index in [4.69, 9.17) is 9.47 Å². The highest BCUT2D eigenvalue weighted by Crippen LogP contribution is 2.15. The zero-order chi connectivity index (χ0) is 11.6. The van der Waals surface area contributed by atoms with Gasteiger partial charge in [-0.05, 0) is 19.3 Å². The molecule has 1 N–H and O–H groups in total. The second kappa shape index (κ2) is 9.40. The minimum Gasteiger partial charge on any atom is -0.338 e. The van der Waals surface area contributed by atoms with E-state index in [9.17, 15) is 0 Å². The zero-order valence-corrected chi connectivity index (χ0v) is 11.8. The smallest absolute Gasteiger partial charge is 0.216 e. The summed E-state index contributed by atoms with van der Waals surface area (Å²) in [5, 5.41) is 4.31. The monoisotopic (exact) mass is 293 g/mol. The van der Waals surface area contributed by atoms with Crippen LogP contribution in [0.15, 0.2) is 0 Å². The van der Waals surface area contributed by atoms with Crippen LogP contribution in [0.3, 0.4) is 0 Å². The summed E-state index contributed by atoms with van der Waals surface area (Å²) in [5.74, 6) is 0. The van der Waals surface area contributed by atoms with Crippen LogP contribution in [-0.2, 0) is 9.47 Å². The summed E-state index contributed by atoms with van der Waals surface area (Å²) in [6, 6.07) is 0. The van der Waals surface area contributed by atoms with E-state index < -0.39 is 0 Å². The molecule has 96 valence electrons. The number of rotatable bonds is 9. The predicted molar refractivity (Wildman–Crippen MR) is 69.8 cm³/mol. The molecular formula is C12H24BrNO2. The van der Waals surface area contributed by atoms with Crippen molar-refractivity contribution >= 4 is 15.9 Å². The SMILES string of the molecule is CCCC(CCCCCBr)OC1NCCO1. The van der Waals surface area contributed by atoms with Crippen molar-refractivity contribution < 1.29 is 9.47 Å². The topological polar surface area (TPSA) is 30.5 Å². The Morgan fingerprint density at radius 3 is 2.88 bits per heavy atom. The first-order chi connectivity index (χ1) is 7.86. The van der Waals surface area contributed by atoms with Crippen LogP contribution in [-0.4, -0.2) is 31.0 Å². The molecule has 1 rings (SSSR count). The Hall–Kier alpha value is 0.360. The van der Waals surface area contributed by atoms with Gasteiger partial charge in [0.05, 0.1) is 12.7 Å². The molecule has 1 aliphatic rings. The summed E-state index contributed by atoms with van der Waals surface area (Å²) in [6.07, 6.45) is 7.46. The maximum absolute atomic E-state index is 5.89. The van der Waals surface area contributed by atoms with Gasteiger partial charge in [0.1, 0.15) is 0 Å². The number of ether oxygens (including phenoxy) is 2. The van der Waals surface area contributed by atoms with Gasteiger partial charge >= 0.3 is 0 Å². The minimum absolute atomic E-state index is 0.160. The normalized spacial score (nSPS) is 22.5. The summed E-state index contributed by atoms with van der Waals surface area (Å²) in [7, 11) is 0. The van der Waals surface area contributed by atoms with Crippen LogP contribution in [0.1, 0.15) is 45.4 Å². The number of halogens is 1. The molecule has 0 aromatic carbocycles. The first-order valence-electron chi connectivity index (χ1n) is 6.43. The van der Waals surface area contributed by atoms with Gasteiger partial charge < -0.3 is 9.47 Å². The molecule has 3 nitrogen and oxygen atoms in total. The van der Waals surface area contributed by atoms with E-state index in [1.165, 1.54) is 25.7 Å². The molecule has 1 fully saturated rings. The minimum atomic E-state index is -0.160. The van der Waals surface area contributed by atoms with Gasteiger partial charge in [0.15, 0.2) is 0 Å². The van der Waals surface area contributed by atoms with Crippen molar-refractivity contribution in [2.75, 3.05) is 18.5 Å². The molecule has 2 unspecified atom stereocenters. The fourth-order valence-corrected chi connectivity index (χ4v) is 2.31. The van der Waals surface area contributed by atoms with Crippen LogP contribution in [0, 0.1) is 0 Å². The van der Waals surface area contributed by atoms with E-state index in [1.54, 1.807) is 0 Å². The molecule has 1 saturated heterocycles. The quantitative estimate of drug-likeness (QED) is 0.524. The average Bonchev–Trinajstić information content (AvgIpc) is 2.77. The molecule has 0 saturated carbocycles. The first-order valence-corrected chi connectivity index (χ1v) is 7.55. The van der Waals surface area contributed by atoms with Crippen molar-refractivity contribution in [1.82, 2.24) is 5.32 Å². The van der Waals surface area contributed by atoms with Crippen LogP contribution in [0.25, 0.3) is 0 Å². The number of hydrogen-bond acceptors (Lipinski definition) is 3. The molecule has 4 heteroatoms. The highest BCUT2D eigenvalue weighted by Gasteiger charge is 2.19. The molecule has 2 atom stereocenters. The van der Waals surface area contributed by atoms with Crippen molar-refractivity contribution in [3.8, 4) is 0 Å². The Labute approximate surface area is 107 Å². The lowest BCUT2D eigenvalue weighted by molar-refractivity contribution is -0.158. The summed E-state index contributed by atoms with van der Waals surface area (Å²) in [6.45, 7) is 3.89. The van der Waals surface area contributed by atoms with Crippen molar-refractivity contribution in [2.45, 2.75) is 58.0 Å².